The van der Waals surface area contributed by atoms with Crippen molar-refractivity contribution in [2.24, 2.45) is 11.7 Å². The van der Waals surface area contributed by atoms with Crippen LogP contribution in [0.2, 0.25) is 0 Å². The van der Waals surface area contributed by atoms with Gasteiger partial charge in [0.2, 0.25) is 5.91 Å². The molecule has 0 unspecified atom stereocenters. The van der Waals surface area contributed by atoms with Gasteiger partial charge in [0.1, 0.15) is 0 Å². The first-order valence-corrected chi connectivity index (χ1v) is 5.35. The summed E-state index contributed by atoms with van der Waals surface area (Å²) in [4.78, 5) is 11.7. The number of nitrogens with one attached hydrogen (secondary N) is 1. The maximum absolute atomic E-state index is 11.7. The molecule has 0 aliphatic carbocycles. The standard InChI is InChI=1S/C11H24N2O2/c1-8(2)6-9(12)10(14)13-11(3,4)7-15-5/h8-9H,6-7,12H2,1-5H3,(H,13,14)/t9-/m1/s1. The van der Waals surface area contributed by atoms with Crippen LogP contribution in [0.1, 0.15) is 34.1 Å². The second kappa shape index (κ2) is 6.08. The lowest BCUT2D eigenvalue weighted by molar-refractivity contribution is -0.124. The van der Waals surface area contributed by atoms with Crippen LogP contribution in [-0.4, -0.2) is 31.2 Å². The molecule has 0 fully saturated rings. The lowest BCUT2D eigenvalue weighted by atomic mass is 10.0. The average molecular weight is 216 g/mol. The largest absolute Gasteiger partial charge is 0.382 e. The molecule has 0 radical (unpaired) electrons. The molecule has 0 heterocycles. The normalized spacial score (nSPS) is 14.1. The molecule has 0 aromatic carbocycles. The fourth-order valence-corrected chi connectivity index (χ4v) is 1.44. The Hall–Kier alpha value is -0.610. The van der Waals surface area contributed by atoms with Gasteiger partial charge in [-0.1, -0.05) is 13.8 Å². The summed E-state index contributed by atoms with van der Waals surface area (Å²) in [6.45, 7) is 8.40. The number of nitrogens with two attached hydrogens (primary N) is 1. The zero-order chi connectivity index (χ0) is 12.1. The summed E-state index contributed by atoms with van der Waals surface area (Å²) in [6.07, 6.45) is 0.703. The van der Waals surface area contributed by atoms with Gasteiger partial charge in [-0.3, -0.25) is 4.79 Å². The second-order valence-corrected chi connectivity index (χ2v) is 5.04. The maximum atomic E-state index is 11.7. The van der Waals surface area contributed by atoms with E-state index in [0.29, 0.717) is 18.9 Å². The molecule has 90 valence electrons. The molecule has 0 aliphatic rings. The van der Waals surface area contributed by atoms with Gasteiger partial charge in [-0.2, -0.15) is 0 Å². The third kappa shape index (κ3) is 6.47. The number of hydrogen-bond donors (Lipinski definition) is 2. The number of hydrogen-bond acceptors (Lipinski definition) is 3. The third-order valence-electron chi connectivity index (χ3n) is 2.03. The van der Waals surface area contributed by atoms with Gasteiger partial charge in [-0.15, -0.1) is 0 Å². The highest BCUT2D eigenvalue weighted by Crippen LogP contribution is 2.06. The summed E-state index contributed by atoms with van der Waals surface area (Å²) in [5.74, 6) is 0.321. The van der Waals surface area contributed by atoms with Crippen LogP contribution in [0.5, 0.6) is 0 Å². The van der Waals surface area contributed by atoms with Crippen LogP contribution >= 0.6 is 0 Å². The Bertz CT molecular complexity index is 203. The van der Waals surface area contributed by atoms with Crippen LogP contribution in [0.15, 0.2) is 0 Å². The minimum absolute atomic E-state index is 0.106. The molecule has 0 spiro atoms. The van der Waals surface area contributed by atoms with Gasteiger partial charge >= 0.3 is 0 Å². The second-order valence-electron chi connectivity index (χ2n) is 5.04. The molecular formula is C11H24N2O2. The third-order valence-corrected chi connectivity index (χ3v) is 2.03. The molecule has 4 heteroatoms. The summed E-state index contributed by atoms with van der Waals surface area (Å²) in [7, 11) is 1.61. The summed E-state index contributed by atoms with van der Waals surface area (Å²) < 4.78 is 5.01. The molecule has 4 nitrogen and oxygen atoms in total. The van der Waals surface area contributed by atoms with Crippen LogP contribution in [-0.2, 0) is 9.53 Å². The fourth-order valence-electron chi connectivity index (χ4n) is 1.44. The van der Waals surface area contributed by atoms with Crippen LogP contribution in [0.25, 0.3) is 0 Å². The molecule has 0 bridgehead atoms. The summed E-state index contributed by atoms with van der Waals surface area (Å²) >= 11 is 0. The molecule has 0 rings (SSSR count). The van der Waals surface area contributed by atoms with E-state index < -0.39 is 6.04 Å². The van der Waals surface area contributed by atoms with Crippen molar-refractivity contribution in [2.75, 3.05) is 13.7 Å². The topological polar surface area (TPSA) is 64.3 Å². The number of carbonyl (C=O) groups is 1. The van der Waals surface area contributed by atoms with Gasteiger partial charge < -0.3 is 15.8 Å². The zero-order valence-corrected chi connectivity index (χ0v) is 10.5. The van der Waals surface area contributed by atoms with Gasteiger partial charge in [0, 0.05) is 7.11 Å². The van der Waals surface area contributed by atoms with E-state index in [1.807, 2.05) is 27.7 Å². The minimum atomic E-state index is -0.430. The van der Waals surface area contributed by atoms with E-state index in [0.717, 1.165) is 0 Å². The molecule has 0 saturated carbocycles. The van der Waals surface area contributed by atoms with Crippen LogP contribution < -0.4 is 11.1 Å². The molecule has 0 saturated heterocycles. The Morgan fingerprint density at radius 2 is 2.00 bits per heavy atom. The maximum Gasteiger partial charge on any atom is 0.237 e. The van der Waals surface area contributed by atoms with Gasteiger partial charge in [0.25, 0.3) is 0 Å². The molecule has 1 amide bonds. The number of ether oxygens (including phenoxy) is 1. The minimum Gasteiger partial charge on any atom is -0.382 e. The zero-order valence-electron chi connectivity index (χ0n) is 10.5. The Labute approximate surface area is 92.6 Å². The average Bonchev–Trinajstić information content (AvgIpc) is 2.01. The molecular weight excluding hydrogens is 192 g/mol. The Morgan fingerprint density at radius 3 is 2.40 bits per heavy atom. The van der Waals surface area contributed by atoms with E-state index in [1.165, 1.54) is 0 Å². The monoisotopic (exact) mass is 216 g/mol. The molecule has 15 heavy (non-hydrogen) atoms. The van der Waals surface area contributed by atoms with Crippen molar-refractivity contribution in [3.8, 4) is 0 Å². The molecule has 1 atom stereocenters. The van der Waals surface area contributed by atoms with Gasteiger partial charge in [0.05, 0.1) is 18.2 Å². The van der Waals surface area contributed by atoms with Gasteiger partial charge in [-0.25, -0.2) is 0 Å². The number of carbonyl (C=O) groups excluding carboxylic acids is 1. The fraction of sp³-hybridized carbons (Fsp3) is 0.909. The molecule has 0 aromatic heterocycles. The lowest BCUT2D eigenvalue weighted by Gasteiger charge is -2.27. The first kappa shape index (κ1) is 14.4. The van der Waals surface area contributed by atoms with Crippen molar-refractivity contribution in [2.45, 2.75) is 45.7 Å². The van der Waals surface area contributed by atoms with E-state index >= 15 is 0 Å². The van der Waals surface area contributed by atoms with E-state index in [2.05, 4.69) is 5.32 Å². The van der Waals surface area contributed by atoms with Gasteiger partial charge in [-0.05, 0) is 26.2 Å². The highest BCUT2D eigenvalue weighted by molar-refractivity contribution is 5.82. The van der Waals surface area contributed by atoms with E-state index in [1.54, 1.807) is 7.11 Å². The van der Waals surface area contributed by atoms with Crippen LogP contribution in [0.4, 0.5) is 0 Å². The van der Waals surface area contributed by atoms with Crippen LogP contribution in [0.3, 0.4) is 0 Å². The van der Waals surface area contributed by atoms with Crippen molar-refractivity contribution >= 4 is 5.91 Å². The van der Waals surface area contributed by atoms with Crippen molar-refractivity contribution in [1.82, 2.24) is 5.32 Å². The molecule has 0 aliphatic heterocycles. The first-order valence-electron chi connectivity index (χ1n) is 5.35. The van der Waals surface area contributed by atoms with E-state index in [-0.39, 0.29) is 11.4 Å². The SMILES string of the molecule is COCC(C)(C)NC(=O)[C@H](N)CC(C)C. The molecule has 0 aromatic rings. The van der Waals surface area contributed by atoms with Crippen molar-refractivity contribution in [3.63, 3.8) is 0 Å². The highest BCUT2D eigenvalue weighted by Gasteiger charge is 2.23. The predicted octanol–water partition coefficient (Wildman–Crippen LogP) is 0.901. The number of methoxy groups -OCH3 is 1. The quantitative estimate of drug-likeness (QED) is 0.693. The number of amides is 1. The molecule has 3 N–H and O–H groups in total. The van der Waals surface area contributed by atoms with E-state index in [9.17, 15) is 4.79 Å². The smallest absolute Gasteiger partial charge is 0.237 e. The van der Waals surface area contributed by atoms with Crippen LogP contribution in [0, 0.1) is 5.92 Å². The summed E-state index contributed by atoms with van der Waals surface area (Å²) in [5, 5.41) is 2.87. The van der Waals surface area contributed by atoms with E-state index in [4.69, 9.17) is 10.5 Å². The Kier molecular flexibility index (Phi) is 5.83. The first-order chi connectivity index (χ1) is 6.78. The summed E-state index contributed by atoms with van der Waals surface area (Å²) in [6, 6.07) is -0.430. The number of rotatable bonds is 6. The lowest BCUT2D eigenvalue weighted by Crippen LogP contribution is -2.52. The predicted molar refractivity (Wildman–Crippen MR) is 61.5 cm³/mol. The van der Waals surface area contributed by atoms with Crippen molar-refractivity contribution < 1.29 is 9.53 Å². The van der Waals surface area contributed by atoms with Crippen molar-refractivity contribution in [1.29, 1.82) is 0 Å². The Morgan fingerprint density at radius 1 is 1.47 bits per heavy atom. The Balaban J connectivity index is 4.11. The van der Waals surface area contributed by atoms with Crippen molar-refractivity contribution in [3.05, 3.63) is 0 Å². The van der Waals surface area contributed by atoms with Gasteiger partial charge in [0.15, 0.2) is 0 Å². The summed E-state index contributed by atoms with van der Waals surface area (Å²) in [5.41, 5.74) is 5.41. The highest BCUT2D eigenvalue weighted by atomic mass is 16.5.